The number of ether oxygens (including phenoxy) is 1. The van der Waals surface area contributed by atoms with Gasteiger partial charge in [0.1, 0.15) is 0 Å². The summed E-state index contributed by atoms with van der Waals surface area (Å²) < 4.78 is 46.3. The zero-order valence-corrected chi connectivity index (χ0v) is 16.3. The molecule has 1 aliphatic rings. The maximum atomic E-state index is 13.0. The molecule has 0 aliphatic carbocycles. The first kappa shape index (κ1) is 20.9. The SMILES string of the molecule is CCN(CCN1CCOCC1)Cc1cccn1Cc1cccc(C(F)(F)F)c1. The fraction of sp³-hybridized carbons (Fsp3) is 0.524. The Morgan fingerprint density at radius 2 is 1.89 bits per heavy atom. The van der Waals surface area contributed by atoms with Crippen molar-refractivity contribution < 1.29 is 17.9 Å². The molecule has 0 amide bonds. The lowest BCUT2D eigenvalue weighted by atomic mass is 10.1. The molecule has 0 radical (unpaired) electrons. The first-order valence-electron chi connectivity index (χ1n) is 9.78. The predicted octanol–water partition coefficient (Wildman–Crippen LogP) is 3.71. The largest absolute Gasteiger partial charge is 0.416 e. The van der Waals surface area contributed by atoms with Crippen LogP contribution >= 0.6 is 0 Å². The fourth-order valence-electron chi connectivity index (χ4n) is 3.48. The molecule has 4 nitrogen and oxygen atoms in total. The van der Waals surface area contributed by atoms with Gasteiger partial charge in [-0.2, -0.15) is 13.2 Å². The lowest BCUT2D eigenvalue weighted by molar-refractivity contribution is -0.137. The highest BCUT2D eigenvalue weighted by atomic mass is 19.4. The van der Waals surface area contributed by atoms with Gasteiger partial charge in [-0.15, -0.1) is 0 Å². The first-order chi connectivity index (χ1) is 13.5. The average Bonchev–Trinajstić information content (AvgIpc) is 3.12. The zero-order chi connectivity index (χ0) is 20.0. The monoisotopic (exact) mass is 395 g/mol. The second kappa shape index (κ2) is 9.58. The fourth-order valence-corrected chi connectivity index (χ4v) is 3.48. The molecule has 0 saturated carbocycles. The summed E-state index contributed by atoms with van der Waals surface area (Å²) in [5.41, 5.74) is 1.17. The molecule has 0 spiro atoms. The quantitative estimate of drug-likeness (QED) is 0.680. The maximum absolute atomic E-state index is 13.0. The minimum Gasteiger partial charge on any atom is -0.379 e. The molecule has 0 bridgehead atoms. The van der Waals surface area contributed by atoms with Crippen LogP contribution in [-0.4, -0.2) is 60.3 Å². The van der Waals surface area contributed by atoms with Crippen LogP contribution in [0.4, 0.5) is 13.2 Å². The molecular formula is C21H28F3N3O. The third kappa shape index (κ3) is 5.83. The average molecular weight is 395 g/mol. The van der Waals surface area contributed by atoms with Crippen LogP contribution in [0.15, 0.2) is 42.6 Å². The number of alkyl halides is 3. The van der Waals surface area contributed by atoms with E-state index in [0.29, 0.717) is 12.1 Å². The number of halogens is 3. The Labute approximate surface area is 164 Å². The summed E-state index contributed by atoms with van der Waals surface area (Å²) in [6.07, 6.45) is -2.38. The highest BCUT2D eigenvalue weighted by Gasteiger charge is 2.30. The Morgan fingerprint density at radius 3 is 2.61 bits per heavy atom. The molecule has 3 rings (SSSR count). The Balaban J connectivity index is 1.61. The normalized spacial score (nSPS) is 16.0. The highest BCUT2D eigenvalue weighted by molar-refractivity contribution is 5.26. The second-order valence-electron chi connectivity index (χ2n) is 7.15. The molecule has 0 unspecified atom stereocenters. The molecule has 1 saturated heterocycles. The van der Waals surface area contributed by atoms with Crippen LogP contribution < -0.4 is 0 Å². The molecule has 7 heteroatoms. The van der Waals surface area contributed by atoms with Crippen molar-refractivity contribution in [3.8, 4) is 0 Å². The second-order valence-corrected chi connectivity index (χ2v) is 7.15. The number of hydrogen-bond acceptors (Lipinski definition) is 3. The van der Waals surface area contributed by atoms with E-state index < -0.39 is 11.7 Å². The van der Waals surface area contributed by atoms with E-state index in [1.165, 1.54) is 12.1 Å². The third-order valence-corrected chi connectivity index (χ3v) is 5.20. The summed E-state index contributed by atoms with van der Waals surface area (Å²) in [5, 5.41) is 0. The van der Waals surface area contributed by atoms with Gasteiger partial charge in [0, 0.05) is 51.2 Å². The van der Waals surface area contributed by atoms with Crippen molar-refractivity contribution in [1.82, 2.24) is 14.4 Å². The Morgan fingerprint density at radius 1 is 1.11 bits per heavy atom. The van der Waals surface area contributed by atoms with Gasteiger partial charge in [-0.1, -0.05) is 19.1 Å². The van der Waals surface area contributed by atoms with E-state index in [-0.39, 0.29) is 0 Å². The van der Waals surface area contributed by atoms with Crippen molar-refractivity contribution in [2.75, 3.05) is 45.9 Å². The summed E-state index contributed by atoms with van der Waals surface area (Å²) in [6.45, 7) is 9.81. The number of nitrogens with zero attached hydrogens (tertiary/aromatic N) is 3. The number of morpholine rings is 1. The third-order valence-electron chi connectivity index (χ3n) is 5.20. The van der Waals surface area contributed by atoms with E-state index >= 15 is 0 Å². The van der Waals surface area contributed by atoms with Crippen molar-refractivity contribution in [2.24, 2.45) is 0 Å². The van der Waals surface area contributed by atoms with E-state index in [1.54, 1.807) is 6.07 Å². The molecule has 1 aliphatic heterocycles. The molecule has 154 valence electrons. The van der Waals surface area contributed by atoms with Gasteiger partial charge in [0.15, 0.2) is 0 Å². The number of aromatic nitrogens is 1. The number of hydrogen-bond donors (Lipinski definition) is 0. The molecule has 1 aromatic heterocycles. The van der Waals surface area contributed by atoms with Crippen LogP contribution in [0.3, 0.4) is 0 Å². The summed E-state index contributed by atoms with van der Waals surface area (Å²) in [5.74, 6) is 0. The van der Waals surface area contributed by atoms with Crippen molar-refractivity contribution >= 4 is 0 Å². The van der Waals surface area contributed by atoms with Crippen LogP contribution in [0.5, 0.6) is 0 Å². The lowest BCUT2D eigenvalue weighted by Crippen LogP contribution is -2.41. The zero-order valence-electron chi connectivity index (χ0n) is 16.3. The van der Waals surface area contributed by atoms with E-state index in [2.05, 4.69) is 16.7 Å². The first-order valence-corrected chi connectivity index (χ1v) is 9.78. The topological polar surface area (TPSA) is 20.6 Å². The van der Waals surface area contributed by atoms with Gasteiger partial charge in [0.2, 0.25) is 0 Å². The Bertz CT molecular complexity index is 738. The summed E-state index contributed by atoms with van der Waals surface area (Å²) in [7, 11) is 0. The van der Waals surface area contributed by atoms with Gasteiger partial charge in [0.25, 0.3) is 0 Å². The highest BCUT2D eigenvalue weighted by Crippen LogP contribution is 2.29. The standard InChI is InChI=1S/C21H28F3N3O/c1-2-25(9-10-26-11-13-28-14-12-26)17-20-7-4-8-27(20)16-18-5-3-6-19(15-18)21(22,23)24/h3-8,15H,2,9-14,16-17H2,1H3. The molecule has 0 N–H and O–H groups in total. The minimum absolute atomic E-state index is 0.438. The van der Waals surface area contributed by atoms with E-state index in [4.69, 9.17) is 4.74 Å². The molecule has 0 atom stereocenters. The van der Waals surface area contributed by atoms with E-state index in [1.807, 2.05) is 22.9 Å². The molecule has 2 aromatic rings. The molecule has 1 aromatic carbocycles. The molecular weight excluding hydrogens is 367 g/mol. The van der Waals surface area contributed by atoms with Gasteiger partial charge >= 0.3 is 6.18 Å². The van der Waals surface area contributed by atoms with Crippen LogP contribution in [0.2, 0.25) is 0 Å². The van der Waals surface area contributed by atoms with Crippen molar-refractivity contribution in [2.45, 2.75) is 26.2 Å². The molecule has 2 heterocycles. The van der Waals surface area contributed by atoms with Crippen molar-refractivity contribution in [3.63, 3.8) is 0 Å². The van der Waals surface area contributed by atoms with E-state index in [0.717, 1.165) is 64.2 Å². The Hall–Kier alpha value is -1.83. The van der Waals surface area contributed by atoms with Crippen LogP contribution in [0.1, 0.15) is 23.7 Å². The lowest BCUT2D eigenvalue weighted by Gasteiger charge is -2.29. The predicted molar refractivity (Wildman–Crippen MR) is 103 cm³/mol. The number of rotatable bonds is 8. The van der Waals surface area contributed by atoms with Crippen molar-refractivity contribution in [1.29, 1.82) is 0 Å². The van der Waals surface area contributed by atoms with Gasteiger partial charge in [0.05, 0.1) is 18.8 Å². The van der Waals surface area contributed by atoms with Crippen LogP contribution in [-0.2, 0) is 24.0 Å². The maximum Gasteiger partial charge on any atom is 0.416 e. The summed E-state index contributed by atoms with van der Waals surface area (Å²) in [4.78, 5) is 4.78. The minimum atomic E-state index is -4.31. The van der Waals surface area contributed by atoms with Crippen LogP contribution in [0, 0.1) is 0 Å². The smallest absolute Gasteiger partial charge is 0.379 e. The number of benzene rings is 1. The summed E-state index contributed by atoms with van der Waals surface area (Å²) >= 11 is 0. The summed E-state index contributed by atoms with van der Waals surface area (Å²) in [6, 6.07) is 9.57. The van der Waals surface area contributed by atoms with E-state index in [9.17, 15) is 13.2 Å². The van der Waals surface area contributed by atoms with Gasteiger partial charge < -0.3 is 9.30 Å². The number of likely N-dealkylation sites (N-methyl/N-ethyl adjacent to an activating group) is 1. The van der Waals surface area contributed by atoms with Crippen molar-refractivity contribution in [3.05, 3.63) is 59.4 Å². The van der Waals surface area contributed by atoms with Gasteiger partial charge in [-0.05, 0) is 36.4 Å². The van der Waals surface area contributed by atoms with Crippen LogP contribution in [0.25, 0.3) is 0 Å². The van der Waals surface area contributed by atoms with Gasteiger partial charge in [-0.3, -0.25) is 9.80 Å². The Kier molecular flexibility index (Phi) is 7.15. The molecule has 28 heavy (non-hydrogen) atoms. The van der Waals surface area contributed by atoms with Gasteiger partial charge in [-0.25, -0.2) is 0 Å². The molecule has 1 fully saturated rings.